The van der Waals surface area contributed by atoms with E-state index in [2.05, 4.69) is 14.9 Å². The second-order valence-electron chi connectivity index (χ2n) is 7.83. The number of nitrogens with zero attached hydrogens (tertiary/aromatic N) is 4. The van der Waals surface area contributed by atoms with Gasteiger partial charge in [0.15, 0.2) is 0 Å². The largest absolute Gasteiger partial charge is 0.338 e. The lowest BCUT2D eigenvalue weighted by molar-refractivity contribution is 0.627. The molecule has 2 aromatic carbocycles. The van der Waals surface area contributed by atoms with Crippen molar-refractivity contribution in [1.82, 2.24) is 14.5 Å². The van der Waals surface area contributed by atoms with Gasteiger partial charge in [-0.3, -0.25) is 4.99 Å². The summed E-state index contributed by atoms with van der Waals surface area (Å²) in [6.45, 7) is 4.09. The Morgan fingerprint density at radius 2 is 1.72 bits per heavy atom. The number of nitrogens with one attached hydrogen (secondary N) is 1. The van der Waals surface area contributed by atoms with Gasteiger partial charge in [-0.05, 0) is 74.5 Å². The van der Waals surface area contributed by atoms with Crippen LogP contribution >= 0.6 is 0 Å². The van der Waals surface area contributed by atoms with E-state index in [-0.39, 0.29) is 11.9 Å². The normalized spacial score (nSPS) is 12.1. The first-order chi connectivity index (χ1) is 15.6. The molecule has 0 bridgehead atoms. The predicted octanol–water partition coefficient (Wildman–Crippen LogP) is 5.72. The van der Waals surface area contributed by atoms with Crippen molar-refractivity contribution in [3.63, 3.8) is 0 Å². The second kappa shape index (κ2) is 8.23. The zero-order valence-electron chi connectivity index (χ0n) is 17.8. The lowest BCUT2D eigenvalue weighted by atomic mass is 10.1. The molecule has 0 spiro atoms. The van der Waals surface area contributed by atoms with Crippen LogP contribution in [0.1, 0.15) is 13.8 Å². The van der Waals surface area contributed by atoms with E-state index in [4.69, 9.17) is 9.98 Å². The fourth-order valence-electron chi connectivity index (χ4n) is 3.77. The molecule has 3 aromatic rings. The summed E-state index contributed by atoms with van der Waals surface area (Å²) in [6, 6.07) is 24.3. The van der Waals surface area contributed by atoms with E-state index >= 15 is 0 Å². The standard InChI is InChI=1S/C26H22FN5/c1-17(2)29-22-16-25-23(15-21(22)31-26-9-5-6-14-28-26)30-20-7-3-4-8-24(20)32(25)19-12-10-18(27)11-13-19/h3-17H,1-2H3,(H,28,31). The van der Waals surface area contributed by atoms with Gasteiger partial charge in [0.25, 0.3) is 0 Å². The maximum atomic E-state index is 13.6. The molecule has 1 aromatic heterocycles. The van der Waals surface area contributed by atoms with Crippen LogP contribution in [-0.4, -0.2) is 20.6 Å². The van der Waals surface area contributed by atoms with Gasteiger partial charge in [-0.1, -0.05) is 18.2 Å². The first-order valence-corrected chi connectivity index (χ1v) is 10.5. The Morgan fingerprint density at radius 1 is 0.938 bits per heavy atom. The van der Waals surface area contributed by atoms with Crippen molar-refractivity contribution in [1.29, 1.82) is 0 Å². The summed E-state index contributed by atoms with van der Waals surface area (Å²) in [6.07, 6.45) is 1.75. The van der Waals surface area contributed by atoms with Crippen LogP contribution < -0.4 is 10.7 Å². The summed E-state index contributed by atoms with van der Waals surface area (Å²) in [4.78, 5) is 14.1. The number of rotatable bonds is 4. The van der Waals surface area contributed by atoms with E-state index in [1.54, 1.807) is 18.3 Å². The SMILES string of the molecule is CC(C)N=c1cc2n(-c3ccc(F)cc3)c3ccccc3nc-2cc1Nc1ccccn1. The highest BCUT2D eigenvalue weighted by Crippen LogP contribution is 2.30. The molecule has 6 heteroatoms. The Balaban J connectivity index is 1.83. The number of para-hydroxylation sites is 2. The van der Waals surface area contributed by atoms with Crippen molar-refractivity contribution in [2.75, 3.05) is 5.32 Å². The maximum Gasteiger partial charge on any atom is 0.130 e. The molecule has 0 radical (unpaired) electrons. The third-order valence-corrected chi connectivity index (χ3v) is 5.11. The first kappa shape index (κ1) is 19.9. The minimum Gasteiger partial charge on any atom is -0.338 e. The molecule has 0 atom stereocenters. The Labute approximate surface area is 185 Å². The van der Waals surface area contributed by atoms with Crippen LogP contribution in [0.2, 0.25) is 0 Å². The molecule has 2 aliphatic rings. The lowest BCUT2D eigenvalue weighted by Crippen LogP contribution is -2.16. The van der Waals surface area contributed by atoms with Gasteiger partial charge in [-0.15, -0.1) is 0 Å². The molecule has 32 heavy (non-hydrogen) atoms. The number of hydrogen-bond acceptors (Lipinski definition) is 4. The van der Waals surface area contributed by atoms with E-state index in [0.717, 1.165) is 45.0 Å². The fourth-order valence-corrected chi connectivity index (χ4v) is 3.77. The van der Waals surface area contributed by atoms with Gasteiger partial charge in [0.1, 0.15) is 11.6 Å². The monoisotopic (exact) mass is 423 g/mol. The summed E-state index contributed by atoms with van der Waals surface area (Å²) >= 11 is 0. The molecule has 0 amide bonds. The molecule has 1 N–H and O–H groups in total. The Bertz CT molecular complexity index is 1420. The lowest BCUT2D eigenvalue weighted by Gasteiger charge is -2.20. The minimum atomic E-state index is -0.269. The molecule has 5 rings (SSSR count). The molecule has 158 valence electrons. The number of anilines is 2. The smallest absolute Gasteiger partial charge is 0.130 e. The van der Waals surface area contributed by atoms with Crippen molar-refractivity contribution < 1.29 is 4.39 Å². The Morgan fingerprint density at radius 3 is 2.47 bits per heavy atom. The number of fused-ring (bicyclic) bond motifs is 2. The highest BCUT2D eigenvalue weighted by atomic mass is 19.1. The van der Waals surface area contributed by atoms with Gasteiger partial charge in [0, 0.05) is 17.9 Å². The van der Waals surface area contributed by atoms with Crippen LogP contribution in [0.15, 0.2) is 90.1 Å². The third-order valence-electron chi connectivity index (χ3n) is 5.11. The molecule has 0 fully saturated rings. The number of hydrogen-bond donors (Lipinski definition) is 1. The Hall–Kier alpha value is -4.06. The number of pyridine rings is 1. The zero-order chi connectivity index (χ0) is 22.1. The second-order valence-corrected chi connectivity index (χ2v) is 7.83. The van der Waals surface area contributed by atoms with Crippen LogP contribution in [0.25, 0.3) is 28.1 Å². The number of aromatic nitrogens is 3. The molecular formula is C26H22FN5. The van der Waals surface area contributed by atoms with Gasteiger partial charge < -0.3 is 9.88 Å². The van der Waals surface area contributed by atoms with Crippen LogP contribution in [0, 0.1) is 5.82 Å². The van der Waals surface area contributed by atoms with Crippen molar-refractivity contribution in [2.24, 2.45) is 4.99 Å². The predicted molar refractivity (Wildman–Crippen MR) is 126 cm³/mol. The van der Waals surface area contributed by atoms with Gasteiger partial charge >= 0.3 is 0 Å². The third kappa shape index (κ3) is 3.83. The molecule has 0 saturated carbocycles. The summed E-state index contributed by atoms with van der Waals surface area (Å²) in [5.41, 5.74) is 5.17. The van der Waals surface area contributed by atoms with Gasteiger partial charge in [0.2, 0.25) is 0 Å². The van der Waals surface area contributed by atoms with Gasteiger partial charge in [-0.2, -0.15) is 0 Å². The van der Waals surface area contributed by atoms with E-state index in [1.807, 2.05) is 68.4 Å². The Kier molecular flexibility index (Phi) is 5.11. The zero-order valence-corrected chi connectivity index (χ0v) is 17.8. The van der Waals surface area contributed by atoms with Crippen molar-refractivity contribution in [3.05, 3.63) is 96.2 Å². The summed E-state index contributed by atoms with van der Waals surface area (Å²) < 4.78 is 15.7. The van der Waals surface area contributed by atoms with Crippen LogP contribution in [-0.2, 0) is 0 Å². The number of benzene rings is 3. The van der Waals surface area contributed by atoms with Crippen molar-refractivity contribution in [3.8, 4) is 17.1 Å². The molecule has 2 heterocycles. The molecule has 5 nitrogen and oxygen atoms in total. The highest BCUT2D eigenvalue weighted by Gasteiger charge is 2.17. The average Bonchev–Trinajstić information content (AvgIpc) is 2.79. The van der Waals surface area contributed by atoms with Crippen LogP contribution in [0.3, 0.4) is 0 Å². The summed E-state index contributed by atoms with van der Waals surface area (Å²) in [7, 11) is 0. The van der Waals surface area contributed by atoms with Crippen molar-refractivity contribution >= 4 is 22.5 Å². The van der Waals surface area contributed by atoms with E-state index in [0.29, 0.717) is 0 Å². The van der Waals surface area contributed by atoms with Crippen molar-refractivity contribution in [2.45, 2.75) is 19.9 Å². The summed E-state index contributed by atoms with van der Waals surface area (Å²) in [5.74, 6) is 0.466. The van der Waals surface area contributed by atoms with Crippen LogP contribution in [0.5, 0.6) is 0 Å². The summed E-state index contributed by atoms with van der Waals surface area (Å²) in [5, 5.41) is 4.19. The minimum absolute atomic E-state index is 0.101. The highest BCUT2D eigenvalue weighted by molar-refractivity contribution is 5.84. The quantitative estimate of drug-likeness (QED) is 0.376. The maximum absolute atomic E-state index is 13.6. The van der Waals surface area contributed by atoms with E-state index in [1.165, 1.54) is 12.1 Å². The topological polar surface area (TPSA) is 55.1 Å². The first-order valence-electron chi connectivity index (χ1n) is 10.5. The molecule has 0 saturated heterocycles. The molecule has 1 aliphatic carbocycles. The molecular weight excluding hydrogens is 401 g/mol. The average molecular weight is 423 g/mol. The van der Waals surface area contributed by atoms with E-state index < -0.39 is 0 Å². The number of halogens is 1. The molecule has 1 aliphatic heterocycles. The van der Waals surface area contributed by atoms with Crippen LogP contribution in [0.4, 0.5) is 15.9 Å². The van der Waals surface area contributed by atoms with Gasteiger partial charge in [-0.25, -0.2) is 14.4 Å². The van der Waals surface area contributed by atoms with E-state index in [9.17, 15) is 4.39 Å². The van der Waals surface area contributed by atoms with Gasteiger partial charge in [0.05, 0.1) is 33.5 Å². The molecule has 0 unspecified atom stereocenters. The fraction of sp³-hybridized carbons (Fsp3) is 0.115.